The van der Waals surface area contributed by atoms with Gasteiger partial charge < -0.3 is 15.5 Å². The van der Waals surface area contributed by atoms with Gasteiger partial charge in [-0.3, -0.25) is 4.79 Å². The quantitative estimate of drug-likeness (QED) is 0.0518. The molecular formula is C43H69NO3. The molecule has 0 aromatic heterocycles. The van der Waals surface area contributed by atoms with Crippen LogP contribution in [0.5, 0.6) is 0 Å². The van der Waals surface area contributed by atoms with E-state index in [1.807, 2.05) is 6.08 Å². The second kappa shape index (κ2) is 37.5. The van der Waals surface area contributed by atoms with Gasteiger partial charge >= 0.3 is 0 Å². The predicted molar refractivity (Wildman–Crippen MR) is 206 cm³/mol. The first-order chi connectivity index (χ1) is 23.2. The fourth-order valence-electron chi connectivity index (χ4n) is 4.66. The predicted octanol–water partition coefficient (Wildman–Crippen LogP) is 11.3. The Morgan fingerprint density at radius 3 is 1.38 bits per heavy atom. The molecule has 0 rings (SSSR count). The van der Waals surface area contributed by atoms with Crippen LogP contribution < -0.4 is 5.32 Å². The van der Waals surface area contributed by atoms with Crippen LogP contribution in [-0.4, -0.2) is 34.9 Å². The van der Waals surface area contributed by atoms with Crippen molar-refractivity contribution in [1.29, 1.82) is 0 Å². The number of rotatable bonds is 31. The summed E-state index contributed by atoms with van der Waals surface area (Å²) in [6, 6.07) is -0.640. The van der Waals surface area contributed by atoms with Crippen LogP contribution in [0.4, 0.5) is 0 Å². The van der Waals surface area contributed by atoms with Gasteiger partial charge in [-0.25, -0.2) is 0 Å². The number of nitrogens with one attached hydrogen (secondary N) is 1. The Bertz CT molecular complexity index is 964. The Hall–Kier alpha value is -2.95. The Morgan fingerprint density at radius 1 is 0.532 bits per heavy atom. The van der Waals surface area contributed by atoms with Gasteiger partial charge in [-0.2, -0.15) is 0 Å². The summed E-state index contributed by atoms with van der Waals surface area (Å²) in [6.45, 7) is 4.08. The van der Waals surface area contributed by atoms with Crippen molar-refractivity contribution in [3.05, 3.63) is 109 Å². The number of aliphatic hydroxyl groups is 2. The van der Waals surface area contributed by atoms with Gasteiger partial charge in [0.1, 0.15) is 0 Å². The van der Waals surface area contributed by atoms with Gasteiger partial charge in [-0.15, -0.1) is 0 Å². The molecule has 0 aromatic rings. The Balaban J connectivity index is 3.72. The number of hydrogen-bond acceptors (Lipinski definition) is 3. The summed E-state index contributed by atoms with van der Waals surface area (Å²) in [5, 5.41) is 22.6. The lowest BCUT2D eigenvalue weighted by atomic mass is 10.1. The highest BCUT2D eigenvalue weighted by atomic mass is 16.3. The molecule has 0 radical (unpaired) electrons. The lowest BCUT2D eigenvalue weighted by Gasteiger charge is -2.19. The zero-order valence-corrected chi connectivity index (χ0v) is 30.0. The minimum Gasteiger partial charge on any atom is -0.394 e. The Labute approximate surface area is 289 Å². The summed E-state index contributed by atoms with van der Waals surface area (Å²) in [6.07, 6.45) is 57.7. The van der Waals surface area contributed by atoms with Gasteiger partial charge in [-0.1, -0.05) is 155 Å². The minimum absolute atomic E-state index is 0.102. The molecule has 0 fully saturated rings. The number of carbonyl (C=O) groups excluding carboxylic acids is 1. The van der Waals surface area contributed by atoms with Crippen LogP contribution in [0.3, 0.4) is 0 Å². The van der Waals surface area contributed by atoms with E-state index in [4.69, 9.17) is 0 Å². The van der Waals surface area contributed by atoms with E-state index < -0.39 is 12.1 Å². The smallest absolute Gasteiger partial charge is 0.220 e. The maximum absolute atomic E-state index is 12.2. The highest BCUT2D eigenvalue weighted by Crippen LogP contribution is 2.08. The summed E-state index contributed by atoms with van der Waals surface area (Å²) in [7, 11) is 0. The van der Waals surface area contributed by atoms with E-state index >= 15 is 0 Å². The van der Waals surface area contributed by atoms with Gasteiger partial charge in [0.2, 0.25) is 5.91 Å². The maximum atomic E-state index is 12.2. The number of unbranched alkanes of at least 4 members (excludes halogenated alkanes) is 8. The van der Waals surface area contributed by atoms with E-state index in [1.165, 1.54) is 19.3 Å². The lowest BCUT2D eigenvalue weighted by Crippen LogP contribution is -2.45. The molecule has 47 heavy (non-hydrogen) atoms. The standard InChI is InChI=1S/C43H69NO3/c1-3-5-7-9-11-12-13-14-15-16-17-18-19-20-21-22-23-24-25-26-27-28-29-30-31-32-33-35-37-39-43(47)44-41(40-45)42(46)38-36-34-10-8-6-4-2/h5,7,11-12,14-15,17-18,20-21,23-24,26-27,29-30,36,38,41-42,45-46H,3-4,6,8-10,13,16,19,22,25,28,31-35,37,39-40H2,1-2H3,(H,44,47)/b7-5-,12-11-,15-14-,18-17-,21-20-,24-23-,27-26-,30-29-,38-36+. The zero-order chi connectivity index (χ0) is 34.3. The molecule has 3 N–H and O–H groups in total. The minimum atomic E-state index is -0.853. The molecular weight excluding hydrogens is 578 g/mol. The van der Waals surface area contributed by atoms with Crippen molar-refractivity contribution in [2.24, 2.45) is 0 Å². The largest absolute Gasteiger partial charge is 0.394 e. The molecule has 0 aliphatic carbocycles. The number of allylic oxidation sites excluding steroid dienone is 17. The average molecular weight is 648 g/mol. The molecule has 2 atom stereocenters. The number of amides is 1. The average Bonchev–Trinajstić information content (AvgIpc) is 3.07. The molecule has 0 heterocycles. The summed E-state index contributed by atoms with van der Waals surface area (Å²) in [5.74, 6) is -0.102. The second-order valence-corrected chi connectivity index (χ2v) is 11.9. The topological polar surface area (TPSA) is 69.6 Å². The van der Waals surface area contributed by atoms with Crippen molar-refractivity contribution in [2.45, 2.75) is 148 Å². The maximum Gasteiger partial charge on any atom is 0.220 e. The summed E-state index contributed by atoms with van der Waals surface area (Å²) >= 11 is 0. The zero-order valence-electron chi connectivity index (χ0n) is 30.0. The first kappa shape index (κ1) is 44.0. The highest BCUT2D eigenvalue weighted by Gasteiger charge is 2.17. The summed E-state index contributed by atoms with van der Waals surface area (Å²) in [5.41, 5.74) is 0. The summed E-state index contributed by atoms with van der Waals surface area (Å²) < 4.78 is 0. The second-order valence-electron chi connectivity index (χ2n) is 11.9. The van der Waals surface area contributed by atoms with Crippen LogP contribution in [0.2, 0.25) is 0 Å². The van der Waals surface area contributed by atoms with Crippen molar-refractivity contribution in [3.63, 3.8) is 0 Å². The third-order valence-corrected chi connectivity index (χ3v) is 7.51. The molecule has 1 amide bonds. The van der Waals surface area contributed by atoms with Crippen molar-refractivity contribution in [2.75, 3.05) is 6.61 Å². The van der Waals surface area contributed by atoms with Gasteiger partial charge in [-0.05, 0) is 83.5 Å². The number of carbonyl (C=O) groups is 1. The molecule has 0 saturated heterocycles. The van der Waals surface area contributed by atoms with Crippen LogP contribution in [0.25, 0.3) is 0 Å². The van der Waals surface area contributed by atoms with E-state index in [0.29, 0.717) is 6.42 Å². The molecule has 0 aromatic carbocycles. The molecule has 0 saturated carbocycles. The first-order valence-corrected chi connectivity index (χ1v) is 18.6. The van der Waals surface area contributed by atoms with Crippen LogP contribution >= 0.6 is 0 Å². The van der Waals surface area contributed by atoms with Crippen LogP contribution in [0.15, 0.2) is 109 Å². The fourth-order valence-corrected chi connectivity index (χ4v) is 4.66. The normalized spacial score (nSPS) is 14.4. The van der Waals surface area contributed by atoms with Crippen LogP contribution in [0.1, 0.15) is 136 Å². The lowest BCUT2D eigenvalue weighted by molar-refractivity contribution is -0.123. The Morgan fingerprint density at radius 2 is 0.936 bits per heavy atom. The van der Waals surface area contributed by atoms with Crippen molar-refractivity contribution in [3.8, 4) is 0 Å². The third-order valence-electron chi connectivity index (χ3n) is 7.51. The molecule has 0 spiro atoms. The fraction of sp³-hybridized carbons (Fsp3) is 0.558. The van der Waals surface area contributed by atoms with E-state index in [2.05, 4.69) is 116 Å². The van der Waals surface area contributed by atoms with E-state index in [0.717, 1.165) is 96.3 Å². The number of hydrogen-bond donors (Lipinski definition) is 3. The van der Waals surface area contributed by atoms with Crippen molar-refractivity contribution < 1.29 is 15.0 Å². The Kier molecular flexibility index (Phi) is 35.2. The van der Waals surface area contributed by atoms with Gasteiger partial charge in [0, 0.05) is 6.42 Å². The molecule has 0 aliphatic rings. The van der Waals surface area contributed by atoms with Crippen molar-refractivity contribution in [1.82, 2.24) is 5.32 Å². The van der Waals surface area contributed by atoms with Crippen LogP contribution in [0, 0.1) is 0 Å². The van der Waals surface area contributed by atoms with Crippen LogP contribution in [-0.2, 0) is 4.79 Å². The van der Waals surface area contributed by atoms with E-state index in [9.17, 15) is 15.0 Å². The summed E-state index contributed by atoms with van der Waals surface area (Å²) in [4.78, 5) is 12.2. The number of aliphatic hydroxyl groups excluding tert-OH is 2. The SMILES string of the molecule is CC/C=C\C/C=C\C/C=C\C/C=C\C/C=C\C/C=C\C/C=C\C/C=C\CCCCCCC(=O)NC(CO)C(O)/C=C/CCCCCC. The van der Waals surface area contributed by atoms with E-state index in [1.54, 1.807) is 6.08 Å². The molecule has 4 nitrogen and oxygen atoms in total. The van der Waals surface area contributed by atoms with Gasteiger partial charge in [0.15, 0.2) is 0 Å². The first-order valence-electron chi connectivity index (χ1n) is 18.6. The van der Waals surface area contributed by atoms with E-state index in [-0.39, 0.29) is 12.5 Å². The highest BCUT2D eigenvalue weighted by molar-refractivity contribution is 5.76. The molecule has 0 bridgehead atoms. The molecule has 4 heteroatoms. The molecule has 264 valence electrons. The van der Waals surface area contributed by atoms with Gasteiger partial charge in [0.25, 0.3) is 0 Å². The molecule has 0 aliphatic heterocycles. The molecule has 2 unspecified atom stereocenters. The van der Waals surface area contributed by atoms with Gasteiger partial charge in [0.05, 0.1) is 18.8 Å². The van der Waals surface area contributed by atoms with Crippen molar-refractivity contribution >= 4 is 5.91 Å². The third kappa shape index (κ3) is 34.2. The monoisotopic (exact) mass is 648 g/mol.